The lowest BCUT2D eigenvalue weighted by molar-refractivity contribution is 0.388. The Labute approximate surface area is 110 Å². The van der Waals surface area contributed by atoms with Crippen LogP contribution in [0.1, 0.15) is 13.3 Å². The van der Waals surface area contributed by atoms with Crippen LogP contribution in [0.2, 0.25) is 0 Å². The first-order valence-electron chi connectivity index (χ1n) is 5.31. The summed E-state index contributed by atoms with van der Waals surface area (Å²) in [7, 11) is -3.06. The summed E-state index contributed by atoms with van der Waals surface area (Å²) in [6.07, 6.45) is -0.0673. The first kappa shape index (κ1) is 15.3. The monoisotopic (exact) mass is 289 g/mol. The molecule has 19 heavy (non-hydrogen) atoms. The van der Waals surface area contributed by atoms with Crippen LogP contribution >= 0.6 is 0 Å². The maximum Gasteiger partial charge on any atom is 0.246 e. The molecule has 8 heteroatoms. The maximum absolute atomic E-state index is 13.6. The van der Waals surface area contributed by atoms with Crippen molar-refractivity contribution in [2.45, 2.75) is 24.3 Å². The quantitative estimate of drug-likeness (QED) is 0.850. The highest BCUT2D eigenvalue weighted by molar-refractivity contribution is 7.89. The number of hydrogen-bond donors (Lipinski definition) is 1. The number of nitrogens with two attached hydrogens (primary N) is 1. The summed E-state index contributed by atoms with van der Waals surface area (Å²) in [6.45, 7) is 1.49. The van der Waals surface area contributed by atoms with E-state index in [-0.39, 0.29) is 12.1 Å². The lowest BCUT2D eigenvalue weighted by Gasteiger charge is -2.22. The van der Waals surface area contributed by atoms with E-state index in [1.54, 1.807) is 0 Å². The van der Waals surface area contributed by atoms with Crippen molar-refractivity contribution in [3.8, 4) is 6.07 Å². The third kappa shape index (κ3) is 3.00. The van der Waals surface area contributed by atoms with Crippen molar-refractivity contribution in [1.29, 1.82) is 5.26 Å². The number of rotatable bonds is 4. The molecule has 0 radical (unpaired) electrons. The van der Waals surface area contributed by atoms with Crippen molar-refractivity contribution in [3.63, 3.8) is 0 Å². The number of sulfonamides is 1. The van der Waals surface area contributed by atoms with Gasteiger partial charge in [-0.1, -0.05) is 0 Å². The zero-order valence-electron chi connectivity index (χ0n) is 10.4. The molecular weight excluding hydrogens is 276 g/mol. The van der Waals surface area contributed by atoms with Crippen molar-refractivity contribution in [2.75, 3.05) is 12.8 Å². The molecule has 1 aromatic rings. The van der Waals surface area contributed by atoms with Crippen LogP contribution < -0.4 is 5.73 Å². The molecule has 1 unspecified atom stereocenters. The van der Waals surface area contributed by atoms with Crippen LogP contribution in [0.15, 0.2) is 17.0 Å². The zero-order valence-corrected chi connectivity index (χ0v) is 11.2. The van der Waals surface area contributed by atoms with Gasteiger partial charge in [0.25, 0.3) is 0 Å². The van der Waals surface area contributed by atoms with Crippen LogP contribution in [0.5, 0.6) is 0 Å². The van der Waals surface area contributed by atoms with Gasteiger partial charge in [0.1, 0.15) is 4.90 Å². The lowest BCUT2D eigenvalue weighted by Crippen LogP contribution is -2.35. The first-order valence-corrected chi connectivity index (χ1v) is 6.75. The highest BCUT2D eigenvalue weighted by Gasteiger charge is 2.29. The summed E-state index contributed by atoms with van der Waals surface area (Å²) < 4.78 is 51.8. The second kappa shape index (κ2) is 5.50. The van der Waals surface area contributed by atoms with Crippen LogP contribution in [0.3, 0.4) is 0 Å². The molecule has 0 aliphatic rings. The van der Waals surface area contributed by atoms with Gasteiger partial charge in [0.15, 0.2) is 11.6 Å². The van der Waals surface area contributed by atoms with E-state index in [4.69, 9.17) is 11.0 Å². The zero-order chi connectivity index (χ0) is 14.8. The Morgan fingerprint density at radius 1 is 1.47 bits per heavy atom. The SMILES string of the molecule is CC(CC#N)N(C)S(=O)(=O)c1cc(N)cc(F)c1F. The van der Waals surface area contributed by atoms with Crippen LogP contribution in [-0.4, -0.2) is 25.8 Å². The highest BCUT2D eigenvalue weighted by atomic mass is 32.2. The molecule has 104 valence electrons. The predicted octanol–water partition coefficient (Wildman–Crippen LogP) is 1.47. The van der Waals surface area contributed by atoms with E-state index in [1.807, 2.05) is 6.07 Å². The van der Waals surface area contributed by atoms with E-state index < -0.39 is 32.6 Å². The van der Waals surface area contributed by atoms with E-state index in [0.29, 0.717) is 6.07 Å². The molecule has 0 fully saturated rings. The van der Waals surface area contributed by atoms with E-state index in [0.717, 1.165) is 10.4 Å². The van der Waals surface area contributed by atoms with Crippen LogP contribution in [-0.2, 0) is 10.0 Å². The fourth-order valence-electron chi connectivity index (χ4n) is 1.42. The molecule has 0 heterocycles. The summed E-state index contributed by atoms with van der Waals surface area (Å²) in [6, 6.07) is 2.69. The van der Waals surface area contributed by atoms with Gasteiger partial charge in [-0.15, -0.1) is 0 Å². The van der Waals surface area contributed by atoms with E-state index in [2.05, 4.69) is 0 Å². The molecule has 1 aromatic carbocycles. The molecule has 0 aromatic heterocycles. The van der Waals surface area contributed by atoms with Gasteiger partial charge < -0.3 is 5.73 Å². The Morgan fingerprint density at radius 2 is 2.05 bits per heavy atom. The second-order valence-electron chi connectivity index (χ2n) is 4.05. The molecular formula is C11H13F2N3O2S. The molecule has 1 rings (SSSR count). The number of nitrogens with zero attached hydrogens (tertiary/aromatic N) is 2. The first-order chi connectivity index (χ1) is 8.71. The van der Waals surface area contributed by atoms with Gasteiger partial charge in [0, 0.05) is 18.8 Å². The number of hydrogen-bond acceptors (Lipinski definition) is 4. The molecule has 0 aliphatic carbocycles. The largest absolute Gasteiger partial charge is 0.399 e. The maximum atomic E-state index is 13.6. The molecule has 0 saturated carbocycles. The summed E-state index contributed by atoms with van der Waals surface area (Å²) in [5.41, 5.74) is 5.12. The Balaban J connectivity index is 3.33. The predicted molar refractivity (Wildman–Crippen MR) is 65.4 cm³/mol. The minimum Gasteiger partial charge on any atom is -0.399 e. The van der Waals surface area contributed by atoms with Gasteiger partial charge in [-0.2, -0.15) is 9.57 Å². The van der Waals surface area contributed by atoms with Crippen molar-refractivity contribution < 1.29 is 17.2 Å². The number of anilines is 1. The van der Waals surface area contributed by atoms with Crippen LogP contribution in [0.4, 0.5) is 14.5 Å². The van der Waals surface area contributed by atoms with Gasteiger partial charge >= 0.3 is 0 Å². The summed E-state index contributed by atoms with van der Waals surface area (Å²) in [5, 5.41) is 8.54. The number of halogens is 2. The summed E-state index contributed by atoms with van der Waals surface area (Å²) in [5.74, 6) is -2.81. The molecule has 0 aliphatic heterocycles. The fourth-order valence-corrected chi connectivity index (χ4v) is 2.89. The number of benzene rings is 1. The van der Waals surface area contributed by atoms with Gasteiger partial charge in [0.2, 0.25) is 10.0 Å². The lowest BCUT2D eigenvalue weighted by atomic mass is 10.3. The van der Waals surface area contributed by atoms with Gasteiger partial charge in [-0.25, -0.2) is 17.2 Å². The standard InChI is InChI=1S/C11H13F2N3O2S/c1-7(3-4-14)16(2)19(17,18)10-6-8(15)5-9(12)11(10)13/h5-7H,3,15H2,1-2H3. The van der Waals surface area contributed by atoms with Gasteiger partial charge in [-0.05, 0) is 19.1 Å². The second-order valence-corrected chi connectivity index (χ2v) is 6.01. The van der Waals surface area contributed by atoms with E-state index >= 15 is 0 Å². The average molecular weight is 289 g/mol. The highest BCUT2D eigenvalue weighted by Crippen LogP contribution is 2.25. The smallest absolute Gasteiger partial charge is 0.246 e. The molecule has 0 spiro atoms. The van der Waals surface area contributed by atoms with Crippen LogP contribution in [0.25, 0.3) is 0 Å². The number of nitriles is 1. The van der Waals surface area contributed by atoms with Crippen molar-refractivity contribution in [2.24, 2.45) is 0 Å². The Morgan fingerprint density at radius 3 is 2.58 bits per heavy atom. The van der Waals surface area contributed by atoms with Crippen molar-refractivity contribution in [1.82, 2.24) is 4.31 Å². The van der Waals surface area contributed by atoms with E-state index in [9.17, 15) is 17.2 Å². The Hall–Kier alpha value is -1.72. The molecule has 0 bridgehead atoms. The molecule has 0 amide bonds. The molecule has 0 saturated heterocycles. The molecule has 2 N–H and O–H groups in total. The molecule has 1 atom stereocenters. The Bertz CT molecular complexity index is 626. The van der Waals surface area contributed by atoms with Crippen molar-refractivity contribution >= 4 is 15.7 Å². The topological polar surface area (TPSA) is 87.2 Å². The van der Waals surface area contributed by atoms with E-state index in [1.165, 1.54) is 14.0 Å². The molecule has 5 nitrogen and oxygen atoms in total. The average Bonchev–Trinajstić information content (AvgIpc) is 2.32. The third-order valence-electron chi connectivity index (χ3n) is 2.68. The minimum atomic E-state index is -4.25. The van der Waals surface area contributed by atoms with Gasteiger partial charge in [0.05, 0.1) is 12.5 Å². The normalized spacial score (nSPS) is 13.3. The summed E-state index contributed by atoms with van der Waals surface area (Å²) >= 11 is 0. The fraction of sp³-hybridized carbons (Fsp3) is 0.364. The number of nitrogen functional groups attached to an aromatic ring is 1. The van der Waals surface area contributed by atoms with Crippen LogP contribution in [0, 0.1) is 23.0 Å². The minimum absolute atomic E-state index is 0.0673. The van der Waals surface area contributed by atoms with Gasteiger partial charge in [-0.3, -0.25) is 0 Å². The third-order valence-corrected chi connectivity index (χ3v) is 4.65. The summed E-state index contributed by atoms with van der Waals surface area (Å²) in [4.78, 5) is -0.836. The van der Waals surface area contributed by atoms with Crippen molar-refractivity contribution in [3.05, 3.63) is 23.8 Å². The Kier molecular flexibility index (Phi) is 4.44.